The Bertz CT molecular complexity index is 896. The van der Waals surface area contributed by atoms with E-state index < -0.39 is 5.82 Å². The maximum Gasteiger partial charge on any atom is 0.146 e. The van der Waals surface area contributed by atoms with E-state index in [0.29, 0.717) is 17.4 Å². The highest BCUT2D eigenvalue weighted by Gasteiger charge is 2.37. The van der Waals surface area contributed by atoms with Crippen LogP contribution in [-0.4, -0.2) is 46.6 Å². The van der Waals surface area contributed by atoms with Gasteiger partial charge in [-0.05, 0) is 37.0 Å². The van der Waals surface area contributed by atoms with Crippen molar-refractivity contribution in [2.45, 2.75) is 24.9 Å². The van der Waals surface area contributed by atoms with Gasteiger partial charge in [-0.3, -0.25) is 4.90 Å². The normalized spacial score (nSPS) is 22.2. The first kappa shape index (κ1) is 16.5. The molecule has 0 unspecified atom stereocenters. The zero-order chi connectivity index (χ0) is 17.9. The van der Waals surface area contributed by atoms with Crippen LogP contribution >= 0.6 is 0 Å². The largest absolute Gasteiger partial charge is 0.353 e. The van der Waals surface area contributed by atoms with Gasteiger partial charge in [-0.25, -0.2) is 14.4 Å². The minimum absolute atomic E-state index is 0.237. The predicted octanol–water partition coefficient (Wildman–Crippen LogP) is 2.19. The van der Waals surface area contributed by atoms with Crippen LogP contribution in [0.1, 0.15) is 24.1 Å². The molecule has 0 saturated carbocycles. The molecule has 0 bridgehead atoms. The van der Waals surface area contributed by atoms with Crippen molar-refractivity contribution in [1.29, 1.82) is 5.26 Å². The van der Waals surface area contributed by atoms with Crippen molar-refractivity contribution in [2.75, 3.05) is 24.5 Å². The number of rotatable bonds is 1. The van der Waals surface area contributed by atoms with Crippen LogP contribution in [0.15, 0.2) is 36.7 Å². The van der Waals surface area contributed by atoms with E-state index in [2.05, 4.69) is 37.7 Å². The van der Waals surface area contributed by atoms with Crippen LogP contribution in [0.2, 0.25) is 0 Å². The third-order valence-electron chi connectivity index (χ3n) is 4.99. The van der Waals surface area contributed by atoms with Gasteiger partial charge >= 0.3 is 0 Å². The minimum Gasteiger partial charge on any atom is -0.353 e. The van der Waals surface area contributed by atoms with Gasteiger partial charge < -0.3 is 4.90 Å². The summed E-state index contributed by atoms with van der Waals surface area (Å²) >= 11 is 0. The SMILES string of the molecule is N#Cc1cc(F)cnc1N1CCN2[C@@H](CC[C@@H]2C#Cc2ccccn2)C1. The van der Waals surface area contributed by atoms with Crippen LogP contribution in [0.25, 0.3) is 0 Å². The molecule has 2 aliphatic heterocycles. The summed E-state index contributed by atoms with van der Waals surface area (Å²) in [6.45, 7) is 2.40. The molecular formula is C20H18FN5. The van der Waals surface area contributed by atoms with Gasteiger partial charge in [0.05, 0.1) is 17.8 Å². The van der Waals surface area contributed by atoms with Crippen molar-refractivity contribution in [2.24, 2.45) is 0 Å². The number of halogens is 1. The molecule has 2 atom stereocenters. The van der Waals surface area contributed by atoms with Crippen LogP contribution in [0.4, 0.5) is 10.2 Å². The van der Waals surface area contributed by atoms with Crippen molar-refractivity contribution in [3.8, 4) is 17.9 Å². The van der Waals surface area contributed by atoms with Crippen molar-refractivity contribution >= 4 is 5.82 Å². The fourth-order valence-corrected chi connectivity index (χ4v) is 3.76. The Hall–Kier alpha value is -2.96. The summed E-state index contributed by atoms with van der Waals surface area (Å²) in [5.41, 5.74) is 1.09. The lowest BCUT2D eigenvalue weighted by Gasteiger charge is -2.39. The van der Waals surface area contributed by atoms with E-state index >= 15 is 0 Å². The molecule has 5 nitrogen and oxygen atoms in total. The number of fused-ring (bicyclic) bond motifs is 1. The van der Waals surface area contributed by atoms with Crippen molar-refractivity contribution in [3.63, 3.8) is 0 Å². The number of aromatic nitrogens is 2. The Morgan fingerprint density at radius 2 is 2.12 bits per heavy atom. The summed E-state index contributed by atoms with van der Waals surface area (Å²) < 4.78 is 13.3. The molecule has 2 saturated heterocycles. The maximum absolute atomic E-state index is 13.3. The standard InChI is InChI=1S/C20H18FN5/c21-16-11-15(12-22)20(24-13-16)25-9-10-26-18(6-7-19(26)14-25)5-4-17-3-1-2-8-23-17/h1-3,8,11,13,18-19H,6-7,9-10,14H2/t18-,19-/m0/s1. The second kappa shape index (κ2) is 7.11. The lowest BCUT2D eigenvalue weighted by Crippen LogP contribution is -2.52. The highest BCUT2D eigenvalue weighted by Crippen LogP contribution is 2.30. The molecule has 2 fully saturated rings. The quantitative estimate of drug-likeness (QED) is 0.740. The number of anilines is 1. The van der Waals surface area contributed by atoms with Crippen LogP contribution in [0, 0.1) is 29.0 Å². The van der Waals surface area contributed by atoms with Crippen LogP contribution < -0.4 is 4.90 Å². The minimum atomic E-state index is -0.477. The average Bonchev–Trinajstić information content (AvgIpc) is 3.09. The first-order valence-electron chi connectivity index (χ1n) is 8.73. The molecule has 26 heavy (non-hydrogen) atoms. The molecule has 130 valence electrons. The van der Waals surface area contributed by atoms with Crippen LogP contribution in [0.3, 0.4) is 0 Å². The molecule has 6 heteroatoms. The van der Waals surface area contributed by atoms with Gasteiger partial charge in [-0.1, -0.05) is 12.0 Å². The van der Waals surface area contributed by atoms with Crippen molar-refractivity contribution in [1.82, 2.24) is 14.9 Å². The Kier molecular flexibility index (Phi) is 4.51. The van der Waals surface area contributed by atoms with E-state index in [9.17, 15) is 9.65 Å². The van der Waals surface area contributed by atoms with E-state index in [1.807, 2.05) is 18.2 Å². The lowest BCUT2D eigenvalue weighted by atomic mass is 10.1. The molecule has 0 radical (unpaired) electrons. The molecule has 0 aliphatic carbocycles. The van der Waals surface area contributed by atoms with E-state index in [1.54, 1.807) is 6.20 Å². The van der Waals surface area contributed by atoms with Gasteiger partial charge in [0.25, 0.3) is 0 Å². The zero-order valence-corrected chi connectivity index (χ0v) is 14.3. The summed E-state index contributed by atoms with van der Waals surface area (Å²) in [7, 11) is 0. The third-order valence-corrected chi connectivity index (χ3v) is 4.99. The number of hydrogen-bond donors (Lipinski definition) is 0. The van der Waals surface area contributed by atoms with Gasteiger partial charge in [-0.2, -0.15) is 5.26 Å². The highest BCUT2D eigenvalue weighted by molar-refractivity contribution is 5.54. The first-order chi connectivity index (χ1) is 12.7. The van der Waals surface area contributed by atoms with Crippen LogP contribution in [0.5, 0.6) is 0 Å². The van der Waals surface area contributed by atoms with Gasteiger partial charge in [0, 0.05) is 31.9 Å². The smallest absolute Gasteiger partial charge is 0.146 e. The summed E-state index contributed by atoms with van der Waals surface area (Å²) in [5.74, 6) is 6.64. The fraction of sp³-hybridized carbons (Fsp3) is 0.350. The Morgan fingerprint density at radius 1 is 1.19 bits per heavy atom. The molecule has 2 aliphatic rings. The number of nitriles is 1. The van der Waals surface area contributed by atoms with Crippen molar-refractivity contribution < 1.29 is 4.39 Å². The molecular weight excluding hydrogens is 329 g/mol. The van der Waals surface area contributed by atoms with Crippen LogP contribution in [-0.2, 0) is 0 Å². The number of hydrogen-bond acceptors (Lipinski definition) is 5. The number of pyridine rings is 2. The maximum atomic E-state index is 13.3. The molecule has 2 aromatic heterocycles. The Labute approximate surface area is 152 Å². The third kappa shape index (κ3) is 3.24. The molecule has 0 N–H and O–H groups in total. The zero-order valence-electron chi connectivity index (χ0n) is 14.3. The van der Waals surface area contributed by atoms with E-state index in [-0.39, 0.29) is 6.04 Å². The summed E-state index contributed by atoms with van der Waals surface area (Å²) in [4.78, 5) is 12.9. The number of piperazine rings is 1. The van der Waals surface area contributed by atoms with Gasteiger partial charge in [0.1, 0.15) is 23.4 Å². The monoisotopic (exact) mass is 347 g/mol. The summed E-state index contributed by atoms with van der Waals surface area (Å²) in [5, 5.41) is 9.26. The fourth-order valence-electron chi connectivity index (χ4n) is 3.76. The second-order valence-electron chi connectivity index (χ2n) is 6.55. The Balaban J connectivity index is 1.47. The highest BCUT2D eigenvalue weighted by atomic mass is 19.1. The molecule has 4 heterocycles. The summed E-state index contributed by atoms with van der Waals surface area (Å²) in [6, 6.07) is 9.67. The topological polar surface area (TPSA) is 56.1 Å². The van der Waals surface area contributed by atoms with E-state index in [4.69, 9.17) is 0 Å². The average molecular weight is 347 g/mol. The van der Waals surface area contributed by atoms with Gasteiger partial charge in [-0.15, -0.1) is 0 Å². The van der Waals surface area contributed by atoms with E-state index in [0.717, 1.165) is 38.2 Å². The lowest BCUT2D eigenvalue weighted by molar-refractivity contribution is 0.202. The van der Waals surface area contributed by atoms with Gasteiger partial charge in [0.2, 0.25) is 0 Å². The van der Waals surface area contributed by atoms with Crippen molar-refractivity contribution in [3.05, 3.63) is 53.7 Å². The predicted molar refractivity (Wildman–Crippen MR) is 95.8 cm³/mol. The first-order valence-corrected chi connectivity index (χ1v) is 8.73. The molecule has 0 spiro atoms. The molecule has 2 aromatic rings. The van der Waals surface area contributed by atoms with Gasteiger partial charge in [0.15, 0.2) is 0 Å². The second-order valence-corrected chi connectivity index (χ2v) is 6.55. The molecule has 0 amide bonds. The molecule has 0 aromatic carbocycles. The number of nitrogens with zero attached hydrogens (tertiary/aromatic N) is 5. The summed E-state index contributed by atoms with van der Waals surface area (Å²) in [6.07, 6.45) is 5.02. The van der Waals surface area contributed by atoms with E-state index in [1.165, 1.54) is 12.3 Å². The Morgan fingerprint density at radius 3 is 2.92 bits per heavy atom. The molecule has 4 rings (SSSR count).